The van der Waals surface area contributed by atoms with Gasteiger partial charge in [0, 0.05) is 23.5 Å². The van der Waals surface area contributed by atoms with Gasteiger partial charge in [-0.25, -0.2) is 0 Å². The predicted octanol–water partition coefficient (Wildman–Crippen LogP) is 5.78. The van der Waals surface area contributed by atoms with Crippen molar-refractivity contribution in [1.82, 2.24) is 9.97 Å². The number of aromatic amines is 1. The van der Waals surface area contributed by atoms with Crippen LogP contribution in [0.1, 0.15) is 29.5 Å². The Hall–Kier alpha value is -3.40. The summed E-state index contributed by atoms with van der Waals surface area (Å²) < 4.78 is 5.54. The molecule has 4 aromatic rings. The van der Waals surface area contributed by atoms with E-state index in [4.69, 9.17) is 4.74 Å². The van der Waals surface area contributed by atoms with Gasteiger partial charge in [0.15, 0.2) is 0 Å². The van der Waals surface area contributed by atoms with Crippen LogP contribution in [0, 0.1) is 13.8 Å². The number of nitrogens with one attached hydrogen (secondary N) is 1. The van der Waals surface area contributed by atoms with Gasteiger partial charge < -0.3 is 9.72 Å². The highest BCUT2D eigenvalue weighted by molar-refractivity contribution is 5.90. The molecular formula is C25H24N2O2. The highest BCUT2D eigenvalue weighted by atomic mass is 16.5. The first-order chi connectivity index (χ1) is 14.1. The first-order valence-corrected chi connectivity index (χ1v) is 9.90. The number of fused-ring (bicyclic) bond motifs is 1. The van der Waals surface area contributed by atoms with Gasteiger partial charge in [0.2, 0.25) is 0 Å². The highest BCUT2D eigenvalue weighted by Gasteiger charge is 2.14. The van der Waals surface area contributed by atoms with Crippen molar-refractivity contribution in [2.24, 2.45) is 0 Å². The van der Waals surface area contributed by atoms with Gasteiger partial charge in [-0.15, -0.1) is 0 Å². The van der Waals surface area contributed by atoms with Crippen molar-refractivity contribution in [3.05, 3.63) is 83.6 Å². The fourth-order valence-electron chi connectivity index (χ4n) is 3.77. The van der Waals surface area contributed by atoms with Crippen LogP contribution in [0.3, 0.4) is 0 Å². The molecule has 2 heterocycles. The standard InChI is InChI=1S/C25H24N2O2/c1-17-14-18(2)16-19(15-17)29-24(28)12-7-9-21-20-8-3-4-10-22(20)27-25(21)23-11-5-6-13-26-23/h3-6,8,10-11,13-16,27H,7,9,12H2,1-2H3. The van der Waals surface area contributed by atoms with Gasteiger partial charge in [0.1, 0.15) is 5.75 Å². The molecule has 146 valence electrons. The molecule has 0 unspecified atom stereocenters. The first kappa shape index (κ1) is 18.9. The van der Waals surface area contributed by atoms with Crippen LogP contribution in [0.25, 0.3) is 22.3 Å². The van der Waals surface area contributed by atoms with Gasteiger partial charge in [-0.3, -0.25) is 9.78 Å². The van der Waals surface area contributed by atoms with Crippen LogP contribution in [0.4, 0.5) is 0 Å². The molecule has 0 aliphatic carbocycles. The number of hydrogen-bond donors (Lipinski definition) is 1. The number of aryl methyl sites for hydroxylation is 3. The van der Waals surface area contributed by atoms with Crippen LogP contribution in [0.2, 0.25) is 0 Å². The number of nitrogens with zero attached hydrogens (tertiary/aromatic N) is 1. The lowest BCUT2D eigenvalue weighted by molar-refractivity contribution is -0.134. The van der Waals surface area contributed by atoms with E-state index in [1.807, 2.05) is 56.3 Å². The molecule has 0 atom stereocenters. The third-order valence-electron chi connectivity index (χ3n) is 4.97. The summed E-state index contributed by atoms with van der Waals surface area (Å²) in [6.45, 7) is 4.00. The van der Waals surface area contributed by atoms with Crippen molar-refractivity contribution in [3.63, 3.8) is 0 Å². The van der Waals surface area contributed by atoms with Crippen molar-refractivity contribution in [2.45, 2.75) is 33.1 Å². The maximum Gasteiger partial charge on any atom is 0.311 e. The van der Waals surface area contributed by atoms with E-state index in [0.29, 0.717) is 18.6 Å². The Morgan fingerprint density at radius 2 is 1.76 bits per heavy atom. The third-order valence-corrected chi connectivity index (χ3v) is 4.97. The van der Waals surface area contributed by atoms with E-state index in [1.54, 1.807) is 6.20 Å². The molecule has 0 radical (unpaired) electrons. The number of hydrogen-bond acceptors (Lipinski definition) is 3. The van der Waals surface area contributed by atoms with Crippen LogP contribution >= 0.6 is 0 Å². The van der Waals surface area contributed by atoms with Gasteiger partial charge in [-0.2, -0.15) is 0 Å². The second-order valence-corrected chi connectivity index (χ2v) is 7.39. The summed E-state index contributed by atoms with van der Waals surface area (Å²) in [6, 6.07) is 20.0. The summed E-state index contributed by atoms with van der Waals surface area (Å²) in [4.78, 5) is 20.3. The molecule has 2 aromatic carbocycles. The Bertz CT molecular complexity index is 1130. The Morgan fingerprint density at radius 3 is 2.52 bits per heavy atom. The molecule has 2 aromatic heterocycles. The summed E-state index contributed by atoms with van der Waals surface area (Å²) in [7, 11) is 0. The molecule has 4 heteroatoms. The van der Waals surface area contributed by atoms with Gasteiger partial charge in [-0.1, -0.05) is 30.3 Å². The average Bonchev–Trinajstić information content (AvgIpc) is 3.07. The zero-order valence-corrected chi connectivity index (χ0v) is 16.7. The van der Waals surface area contributed by atoms with Crippen LogP contribution in [0.15, 0.2) is 66.9 Å². The quantitative estimate of drug-likeness (QED) is 0.339. The maximum absolute atomic E-state index is 12.3. The number of aromatic nitrogens is 2. The van der Waals surface area contributed by atoms with E-state index in [1.165, 1.54) is 10.9 Å². The normalized spacial score (nSPS) is 11.0. The van der Waals surface area contributed by atoms with Crippen LogP contribution in [-0.2, 0) is 11.2 Å². The minimum absolute atomic E-state index is 0.200. The van der Waals surface area contributed by atoms with E-state index < -0.39 is 0 Å². The van der Waals surface area contributed by atoms with Crippen LogP contribution in [-0.4, -0.2) is 15.9 Å². The number of carbonyl (C=O) groups excluding carboxylic acids is 1. The van der Waals surface area contributed by atoms with Gasteiger partial charge in [0.05, 0.1) is 11.4 Å². The molecule has 29 heavy (non-hydrogen) atoms. The number of para-hydroxylation sites is 1. The fourth-order valence-corrected chi connectivity index (χ4v) is 3.77. The summed E-state index contributed by atoms with van der Waals surface area (Å²) in [5, 5.41) is 1.18. The largest absolute Gasteiger partial charge is 0.427 e. The molecule has 0 fully saturated rings. The van der Waals surface area contributed by atoms with E-state index >= 15 is 0 Å². The molecule has 1 N–H and O–H groups in total. The average molecular weight is 384 g/mol. The van der Waals surface area contributed by atoms with E-state index in [2.05, 4.69) is 28.2 Å². The lowest BCUT2D eigenvalue weighted by Crippen LogP contribution is -2.08. The van der Waals surface area contributed by atoms with Crippen molar-refractivity contribution in [2.75, 3.05) is 0 Å². The molecule has 0 aliphatic heterocycles. The molecule has 0 bridgehead atoms. The fraction of sp³-hybridized carbons (Fsp3) is 0.200. The lowest BCUT2D eigenvalue weighted by atomic mass is 10.0. The zero-order valence-electron chi connectivity index (χ0n) is 16.7. The van der Waals surface area contributed by atoms with Crippen molar-refractivity contribution in [1.29, 1.82) is 0 Å². The van der Waals surface area contributed by atoms with Gasteiger partial charge in [-0.05, 0) is 73.7 Å². The second-order valence-electron chi connectivity index (χ2n) is 7.39. The smallest absolute Gasteiger partial charge is 0.311 e. The lowest BCUT2D eigenvalue weighted by Gasteiger charge is -2.07. The number of benzene rings is 2. The summed E-state index contributed by atoms with van der Waals surface area (Å²) in [5.74, 6) is 0.419. The van der Waals surface area contributed by atoms with Crippen LogP contribution in [0.5, 0.6) is 5.75 Å². The van der Waals surface area contributed by atoms with Crippen molar-refractivity contribution >= 4 is 16.9 Å². The van der Waals surface area contributed by atoms with Crippen molar-refractivity contribution in [3.8, 4) is 17.1 Å². The van der Waals surface area contributed by atoms with E-state index in [-0.39, 0.29) is 5.97 Å². The number of ether oxygens (including phenoxy) is 1. The Labute approximate surface area is 170 Å². The zero-order chi connectivity index (χ0) is 20.2. The van der Waals surface area contributed by atoms with Crippen molar-refractivity contribution < 1.29 is 9.53 Å². The number of carbonyl (C=O) groups is 1. The molecule has 0 saturated carbocycles. The maximum atomic E-state index is 12.3. The van der Waals surface area contributed by atoms with E-state index in [9.17, 15) is 4.79 Å². The number of pyridine rings is 1. The Morgan fingerprint density at radius 1 is 1.00 bits per heavy atom. The number of H-pyrrole nitrogens is 1. The summed E-state index contributed by atoms with van der Waals surface area (Å²) >= 11 is 0. The molecule has 0 amide bonds. The monoisotopic (exact) mass is 384 g/mol. The Kier molecular flexibility index (Phi) is 5.43. The second kappa shape index (κ2) is 8.31. The molecule has 4 nitrogen and oxygen atoms in total. The summed E-state index contributed by atoms with van der Waals surface area (Å²) in [5.41, 5.74) is 6.39. The third kappa shape index (κ3) is 4.37. The Balaban J connectivity index is 1.49. The highest BCUT2D eigenvalue weighted by Crippen LogP contribution is 2.30. The topological polar surface area (TPSA) is 55.0 Å². The molecule has 0 aliphatic rings. The SMILES string of the molecule is Cc1cc(C)cc(OC(=O)CCCc2c(-c3ccccn3)[nH]c3ccccc23)c1. The number of rotatable bonds is 6. The molecule has 0 saturated heterocycles. The van der Waals surface area contributed by atoms with Gasteiger partial charge >= 0.3 is 5.97 Å². The van der Waals surface area contributed by atoms with E-state index in [0.717, 1.165) is 34.5 Å². The summed E-state index contributed by atoms with van der Waals surface area (Å²) in [6.07, 6.45) is 3.66. The van der Waals surface area contributed by atoms with Gasteiger partial charge in [0.25, 0.3) is 0 Å². The molecule has 0 spiro atoms. The molecule has 4 rings (SSSR count). The van der Waals surface area contributed by atoms with Crippen LogP contribution < -0.4 is 4.74 Å². The number of esters is 1. The minimum Gasteiger partial charge on any atom is -0.427 e. The minimum atomic E-state index is -0.200. The first-order valence-electron chi connectivity index (χ1n) is 9.90. The molecular weight excluding hydrogens is 360 g/mol. The predicted molar refractivity (Wildman–Crippen MR) is 116 cm³/mol.